The van der Waals surface area contributed by atoms with Crippen LogP contribution < -0.4 is 10.2 Å². The number of hydrogen-bond donors (Lipinski definition) is 1. The summed E-state index contributed by atoms with van der Waals surface area (Å²) < 4.78 is 2.15. The van der Waals surface area contributed by atoms with Crippen LogP contribution >= 0.6 is 11.8 Å². The third-order valence-electron chi connectivity index (χ3n) is 4.77. The summed E-state index contributed by atoms with van der Waals surface area (Å²) in [5, 5.41) is 12.5. The molecule has 2 aromatic heterocycles. The molecule has 1 aliphatic carbocycles. The van der Waals surface area contributed by atoms with Crippen LogP contribution in [-0.4, -0.2) is 45.5 Å². The molecular weight excluding hydrogens is 384 g/mol. The fraction of sp³-hybridized carbons (Fsp3) is 0.333. The van der Waals surface area contributed by atoms with E-state index in [0.29, 0.717) is 18.3 Å². The van der Waals surface area contributed by atoms with Gasteiger partial charge in [-0.1, -0.05) is 23.9 Å². The van der Waals surface area contributed by atoms with E-state index in [9.17, 15) is 4.79 Å². The van der Waals surface area contributed by atoms with E-state index in [1.807, 2.05) is 50.5 Å². The first-order valence-electron chi connectivity index (χ1n) is 9.63. The van der Waals surface area contributed by atoms with Crippen LogP contribution in [0.25, 0.3) is 11.4 Å². The van der Waals surface area contributed by atoms with Gasteiger partial charge in [0.15, 0.2) is 11.0 Å². The molecule has 4 rings (SSSR count). The molecule has 1 fully saturated rings. The Morgan fingerprint density at radius 3 is 2.66 bits per heavy atom. The molecule has 0 saturated heterocycles. The average molecular weight is 409 g/mol. The maximum Gasteiger partial charge on any atom is 0.230 e. The fourth-order valence-electron chi connectivity index (χ4n) is 3.02. The molecule has 0 unspecified atom stereocenters. The third kappa shape index (κ3) is 4.76. The van der Waals surface area contributed by atoms with Crippen molar-refractivity contribution in [3.05, 3.63) is 54.4 Å². The molecule has 150 valence electrons. The van der Waals surface area contributed by atoms with Gasteiger partial charge >= 0.3 is 0 Å². The smallest absolute Gasteiger partial charge is 0.230 e. The maximum atomic E-state index is 12.3. The zero-order chi connectivity index (χ0) is 20.2. The fourth-order valence-corrected chi connectivity index (χ4v) is 3.86. The second-order valence-electron chi connectivity index (χ2n) is 7.28. The number of nitrogens with zero attached hydrogens (tertiary/aromatic N) is 5. The van der Waals surface area contributed by atoms with Gasteiger partial charge in [0, 0.05) is 50.3 Å². The van der Waals surface area contributed by atoms with Crippen LogP contribution in [0.5, 0.6) is 0 Å². The third-order valence-corrected chi connectivity index (χ3v) is 5.71. The Labute approximate surface area is 174 Å². The molecule has 8 heteroatoms. The number of carbonyl (C=O) groups excluding carboxylic acids is 1. The van der Waals surface area contributed by atoms with Crippen molar-refractivity contribution in [2.45, 2.75) is 30.6 Å². The van der Waals surface area contributed by atoms with Gasteiger partial charge in [0.2, 0.25) is 5.91 Å². The number of amides is 1. The van der Waals surface area contributed by atoms with Crippen LogP contribution in [0.4, 0.5) is 5.69 Å². The maximum absolute atomic E-state index is 12.3. The van der Waals surface area contributed by atoms with Crippen LogP contribution in [0.2, 0.25) is 0 Å². The van der Waals surface area contributed by atoms with Gasteiger partial charge in [-0.3, -0.25) is 14.3 Å². The highest BCUT2D eigenvalue weighted by atomic mass is 32.2. The molecule has 29 heavy (non-hydrogen) atoms. The van der Waals surface area contributed by atoms with Gasteiger partial charge in [-0.05, 0) is 42.7 Å². The molecule has 0 radical (unpaired) electrons. The van der Waals surface area contributed by atoms with Gasteiger partial charge < -0.3 is 10.2 Å². The highest BCUT2D eigenvalue weighted by molar-refractivity contribution is 7.99. The summed E-state index contributed by atoms with van der Waals surface area (Å²) in [6, 6.07) is 12.5. The Bertz CT molecular complexity index is 967. The summed E-state index contributed by atoms with van der Waals surface area (Å²) >= 11 is 1.43. The lowest BCUT2D eigenvalue weighted by molar-refractivity contribution is -0.118. The lowest BCUT2D eigenvalue weighted by atomic mass is 10.2. The van der Waals surface area contributed by atoms with E-state index in [4.69, 9.17) is 0 Å². The first-order valence-corrected chi connectivity index (χ1v) is 10.6. The lowest BCUT2D eigenvalue weighted by Crippen LogP contribution is -2.24. The lowest BCUT2D eigenvalue weighted by Gasteiger charge is -2.13. The SMILES string of the molecule is CN(C)c1ccc(CNC(=O)CSc2nnc(-c3cccnc3)n2C2CC2)cc1. The van der Waals surface area contributed by atoms with Gasteiger partial charge in [0.25, 0.3) is 0 Å². The van der Waals surface area contributed by atoms with Crippen LogP contribution in [0.15, 0.2) is 53.9 Å². The predicted octanol–water partition coefficient (Wildman–Crippen LogP) is 3.15. The van der Waals surface area contributed by atoms with E-state index in [1.165, 1.54) is 11.8 Å². The van der Waals surface area contributed by atoms with E-state index >= 15 is 0 Å². The summed E-state index contributed by atoms with van der Waals surface area (Å²) in [4.78, 5) is 18.6. The van der Waals surface area contributed by atoms with E-state index < -0.39 is 0 Å². The topological polar surface area (TPSA) is 75.9 Å². The Hall–Kier alpha value is -2.87. The summed E-state index contributed by atoms with van der Waals surface area (Å²) in [5.74, 6) is 1.12. The highest BCUT2D eigenvalue weighted by Crippen LogP contribution is 2.40. The van der Waals surface area contributed by atoms with Crippen molar-refractivity contribution in [1.29, 1.82) is 0 Å². The molecule has 7 nitrogen and oxygen atoms in total. The van der Waals surface area contributed by atoms with Crippen molar-refractivity contribution in [1.82, 2.24) is 25.1 Å². The second kappa shape index (κ2) is 8.65. The molecule has 0 spiro atoms. The number of anilines is 1. The second-order valence-corrected chi connectivity index (χ2v) is 8.22. The Morgan fingerprint density at radius 1 is 1.21 bits per heavy atom. The number of nitrogens with one attached hydrogen (secondary N) is 1. The number of benzene rings is 1. The number of carbonyl (C=O) groups is 1. The molecule has 3 aromatic rings. The molecule has 0 atom stereocenters. The van der Waals surface area contributed by atoms with Crippen LogP contribution in [0.3, 0.4) is 0 Å². The van der Waals surface area contributed by atoms with E-state index in [0.717, 1.165) is 40.6 Å². The van der Waals surface area contributed by atoms with Crippen LogP contribution in [0.1, 0.15) is 24.4 Å². The van der Waals surface area contributed by atoms with Gasteiger partial charge in [-0.25, -0.2) is 0 Å². The van der Waals surface area contributed by atoms with E-state index in [2.05, 4.69) is 30.0 Å². The molecular formula is C21H24N6OS. The van der Waals surface area contributed by atoms with Crippen molar-refractivity contribution in [3.8, 4) is 11.4 Å². The zero-order valence-electron chi connectivity index (χ0n) is 16.6. The number of aromatic nitrogens is 4. The van der Waals surface area contributed by atoms with E-state index in [1.54, 1.807) is 12.4 Å². The number of hydrogen-bond acceptors (Lipinski definition) is 6. The molecule has 1 N–H and O–H groups in total. The molecule has 2 heterocycles. The Kier molecular flexibility index (Phi) is 5.80. The molecule has 1 amide bonds. The standard InChI is InChI=1S/C21H24N6OS/c1-26(2)17-7-5-15(6-8-17)12-23-19(28)14-29-21-25-24-20(27(21)18-9-10-18)16-4-3-11-22-13-16/h3-8,11,13,18H,9-10,12,14H2,1-2H3,(H,23,28). The zero-order valence-corrected chi connectivity index (χ0v) is 17.4. The molecule has 0 bridgehead atoms. The monoisotopic (exact) mass is 408 g/mol. The first kappa shape index (κ1) is 19.4. The number of thioether (sulfide) groups is 1. The Morgan fingerprint density at radius 2 is 2.00 bits per heavy atom. The number of rotatable bonds is 8. The minimum absolute atomic E-state index is 0.0139. The van der Waals surface area contributed by atoms with Crippen molar-refractivity contribution in [2.75, 3.05) is 24.7 Å². The van der Waals surface area contributed by atoms with Crippen molar-refractivity contribution >= 4 is 23.4 Å². The number of pyridine rings is 1. The molecule has 1 aromatic carbocycles. The minimum atomic E-state index is -0.0139. The average Bonchev–Trinajstić information content (AvgIpc) is 3.50. The van der Waals surface area contributed by atoms with Crippen molar-refractivity contribution < 1.29 is 4.79 Å². The first-order chi connectivity index (χ1) is 14.1. The highest BCUT2D eigenvalue weighted by Gasteiger charge is 2.30. The molecule has 0 aliphatic heterocycles. The van der Waals surface area contributed by atoms with Crippen LogP contribution in [0, 0.1) is 0 Å². The van der Waals surface area contributed by atoms with Crippen molar-refractivity contribution in [3.63, 3.8) is 0 Å². The molecule has 1 aliphatic rings. The van der Waals surface area contributed by atoms with Gasteiger partial charge in [-0.15, -0.1) is 10.2 Å². The summed E-state index contributed by atoms with van der Waals surface area (Å²) in [7, 11) is 4.02. The minimum Gasteiger partial charge on any atom is -0.378 e. The van der Waals surface area contributed by atoms with Crippen LogP contribution in [-0.2, 0) is 11.3 Å². The molecule has 1 saturated carbocycles. The van der Waals surface area contributed by atoms with Gasteiger partial charge in [-0.2, -0.15) is 0 Å². The largest absolute Gasteiger partial charge is 0.378 e. The quantitative estimate of drug-likeness (QED) is 0.577. The van der Waals surface area contributed by atoms with Crippen molar-refractivity contribution in [2.24, 2.45) is 0 Å². The summed E-state index contributed by atoms with van der Waals surface area (Å²) in [5.41, 5.74) is 3.16. The van der Waals surface area contributed by atoms with E-state index in [-0.39, 0.29) is 5.91 Å². The van der Waals surface area contributed by atoms with Gasteiger partial charge in [0.1, 0.15) is 0 Å². The predicted molar refractivity (Wildman–Crippen MR) is 115 cm³/mol. The van der Waals surface area contributed by atoms with Gasteiger partial charge in [0.05, 0.1) is 5.75 Å². The summed E-state index contributed by atoms with van der Waals surface area (Å²) in [6.07, 6.45) is 5.78. The Balaban J connectivity index is 1.35. The summed E-state index contributed by atoms with van der Waals surface area (Å²) in [6.45, 7) is 0.517. The normalized spacial score (nSPS) is 13.3.